The molecule has 0 bridgehead atoms. The van der Waals surface area contributed by atoms with Crippen molar-refractivity contribution in [3.05, 3.63) is 59.4 Å². The van der Waals surface area contributed by atoms with Crippen LogP contribution in [0.25, 0.3) is 0 Å². The van der Waals surface area contributed by atoms with Crippen LogP contribution in [0.4, 0.5) is 0 Å². The summed E-state index contributed by atoms with van der Waals surface area (Å²) in [6.07, 6.45) is 3.98. The second-order valence-electron chi connectivity index (χ2n) is 5.30. The first kappa shape index (κ1) is 15.0. The van der Waals surface area contributed by atoms with Crippen LogP contribution in [-0.4, -0.2) is 17.5 Å². The van der Waals surface area contributed by atoms with E-state index in [0.29, 0.717) is 6.42 Å². The van der Waals surface area contributed by atoms with Crippen molar-refractivity contribution in [1.29, 1.82) is 0 Å². The number of carbonyl (C=O) groups is 1. The zero-order valence-corrected chi connectivity index (χ0v) is 12.4. The SMILES string of the molecule is Cc1cc(C)cc(OCC(Cc2cccnc2)C(N)=O)c1. The summed E-state index contributed by atoms with van der Waals surface area (Å²) in [6.45, 7) is 4.30. The molecule has 1 unspecified atom stereocenters. The maximum absolute atomic E-state index is 11.6. The number of hydrogen-bond donors (Lipinski definition) is 1. The second kappa shape index (κ2) is 6.88. The van der Waals surface area contributed by atoms with Gasteiger partial charge >= 0.3 is 0 Å². The third kappa shape index (κ3) is 4.60. The minimum absolute atomic E-state index is 0.271. The van der Waals surface area contributed by atoms with Crippen molar-refractivity contribution in [3.63, 3.8) is 0 Å². The number of aromatic nitrogens is 1. The van der Waals surface area contributed by atoms with Crippen LogP contribution in [0.3, 0.4) is 0 Å². The molecule has 4 nitrogen and oxygen atoms in total. The van der Waals surface area contributed by atoms with Crippen LogP contribution in [0.15, 0.2) is 42.7 Å². The van der Waals surface area contributed by atoms with Crippen molar-refractivity contribution in [2.24, 2.45) is 11.7 Å². The van der Waals surface area contributed by atoms with Gasteiger partial charge in [0.25, 0.3) is 0 Å². The van der Waals surface area contributed by atoms with Gasteiger partial charge in [-0.3, -0.25) is 9.78 Å². The van der Waals surface area contributed by atoms with Gasteiger partial charge < -0.3 is 10.5 Å². The summed E-state index contributed by atoms with van der Waals surface area (Å²) in [4.78, 5) is 15.6. The molecule has 2 N–H and O–H groups in total. The Morgan fingerprint density at radius 1 is 1.29 bits per heavy atom. The maximum atomic E-state index is 11.6. The monoisotopic (exact) mass is 284 g/mol. The van der Waals surface area contributed by atoms with Gasteiger partial charge in [-0.05, 0) is 55.2 Å². The highest BCUT2D eigenvalue weighted by Crippen LogP contribution is 2.18. The molecule has 1 atom stereocenters. The van der Waals surface area contributed by atoms with E-state index in [1.807, 2.05) is 38.1 Å². The Labute approximate surface area is 125 Å². The van der Waals surface area contributed by atoms with Gasteiger partial charge in [0.05, 0.1) is 5.92 Å². The van der Waals surface area contributed by atoms with E-state index in [9.17, 15) is 4.79 Å². The van der Waals surface area contributed by atoms with E-state index in [4.69, 9.17) is 10.5 Å². The first-order valence-corrected chi connectivity index (χ1v) is 6.94. The number of amides is 1. The van der Waals surface area contributed by atoms with Gasteiger partial charge in [-0.15, -0.1) is 0 Å². The highest BCUT2D eigenvalue weighted by atomic mass is 16.5. The summed E-state index contributed by atoms with van der Waals surface area (Å²) in [5.41, 5.74) is 8.71. The van der Waals surface area contributed by atoms with Crippen molar-refractivity contribution < 1.29 is 9.53 Å². The fourth-order valence-corrected chi connectivity index (χ4v) is 2.26. The lowest BCUT2D eigenvalue weighted by molar-refractivity contribution is -0.122. The first-order valence-electron chi connectivity index (χ1n) is 6.94. The van der Waals surface area contributed by atoms with Gasteiger partial charge in [-0.1, -0.05) is 12.1 Å². The molecule has 4 heteroatoms. The highest BCUT2D eigenvalue weighted by Gasteiger charge is 2.17. The van der Waals surface area contributed by atoms with Crippen LogP contribution in [0.1, 0.15) is 16.7 Å². The minimum Gasteiger partial charge on any atom is -0.493 e. The van der Waals surface area contributed by atoms with E-state index in [0.717, 1.165) is 22.4 Å². The number of nitrogens with zero attached hydrogens (tertiary/aromatic N) is 1. The molecule has 1 aromatic heterocycles. The molecule has 21 heavy (non-hydrogen) atoms. The van der Waals surface area contributed by atoms with Crippen molar-refractivity contribution in [3.8, 4) is 5.75 Å². The lowest BCUT2D eigenvalue weighted by Gasteiger charge is -2.15. The fourth-order valence-electron chi connectivity index (χ4n) is 2.26. The number of ether oxygens (including phenoxy) is 1. The van der Waals surface area contributed by atoms with Crippen LogP contribution in [0.5, 0.6) is 5.75 Å². The summed E-state index contributed by atoms with van der Waals surface area (Å²) in [6, 6.07) is 9.76. The Morgan fingerprint density at radius 3 is 2.57 bits per heavy atom. The number of pyridine rings is 1. The second-order valence-corrected chi connectivity index (χ2v) is 5.30. The number of primary amides is 1. The molecule has 2 rings (SSSR count). The van der Waals surface area contributed by atoms with E-state index in [1.54, 1.807) is 12.4 Å². The van der Waals surface area contributed by atoms with Crippen LogP contribution in [-0.2, 0) is 11.2 Å². The zero-order valence-electron chi connectivity index (χ0n) is 12.4. The molecule has 0 saturated carbocycles. The van der Waals surface area contributed by atoms with Crippen LogP contribution in [0.2, 0.25) is 0 Å². The summed E-state index contributed by atoms with van der Waals surface area (Å²) in [7, 11) is 0. The standard InChI is InChI=1S/C17H20N2O2/c1-12-6-13(2)8-16(7-12)21-11-15(17(18)20)9-14-4-3-5-19-10-14/h3-8,10,15H,9,11H2,1-2H3,(H2,18,20). The van der Waals surface area contributed by atoms with E-state index < -0.39 is 0 Å². The summed E-state index contributed by atoms with van der Waals surface area (Å²) in [5.74, 6) is 0.0446. The zero-order chi connectivity index (χ0) is 15.2. The molecule has 1 aromatic carbocycles. The number of hydrogen-bond acceptors (Lipinski definition) is 3. The van der Waals surface area contributed by atoms with Gasteiger partial charge in [0.15, 0.2) is 0 Å². The molecular formula is C17H20N2O2. The van der Waals surface area contributed by atoms with Crippen molar-refractivity contribution in [2.75, 3.05) is 6.61 Å². The molecule has 2 aromatic rings. The number of aryl methyl sites for hydroxylation is 2. The topological polar surface area (TPSA) is 65.2 Å². The Kier molecular flexibility index (Phi) is 4.93. The number of rotatable bonds is 6. The Balaban J connectivity index is 2.02. The van der Waals surface area contributed by atoms with Gasteiger partial charge in [0.1, 0.15) is 12.4 Å². The first-order chi connectivity index (χ1) is 10.0. The van der Waals surface area contributed by atoms with E-state index >= 15 is 0 Å². The molecule has 0 fully saturated rings. The fraction of sp³-hybridized carbons (Fsp3) is 0.294. The molecule has 0 radical (unpaired) electrons. The van der Waals surface area contributed by atoms with E-state index in [1.165, 1.54) is 0 Å². The normalized spacial score (nSPS) is 11.9. The molecular weight excluding hydrogens is 264 g/mol. The van der Waals surface area contributed by atoms with Gasteiger partial charge in [0.2, 0.25) is 5.91 Å². The summed E-state index contributed by atoms with van der Waals surface area (Å²) < 4.78 is 5.74. The predicted octanol–water partition coefficient (Wildman–Crippen LogP) is 2.42. The molecule has 0 aliphatic carbocycles. The molecule has 0 aliphatic heterocycles. The number of benzene rings is 1. The van der Waals surface area contributed by atoms with Crippen LogP contribution in [0, 0.1) is 19.8 Å². The third-order valence-electron chi connectivity index (χ3n) is 3.25. The average molecular weight is 284 g/mol. The summed E-state index contributed by atoms with van der Waals surface area (Å²) in [5, 5.41) is 0. The van der Waals surface area contributed by atoms with E-state index in [2.05, 4.69) is 11.1 Å². The Bertz CT molecular complexity index is 591. The maximum Gasteiger partial charge on any atom is 0.224 e. The Morgan fingerprint density at radius 2 is 2.00 bits per heavy atom. The van der Waals surface area contributed by atoms with Crippen molar-refractivity contribution in [1.82, 2.24) is 4.98 Å². The molecule has 0 spiro atoms. The quantitative estimate of drug-likeness (QED) is 0.886. The van der Waals surface area contributed by atoms with Gasteiger partial charge in [-0.25, -0.2) is 0 Å². The lowest BCUT2D eigenvalue weighted by Crippen LogP contribution is -2.30. The largest absolute Gasteiger partial charge is 0.493 e. The minimum atomic E-state index is -0.366. The molecule has 0 saturated heterocycles. The summed E-state index contributed by atoms with van der Waals surface area (Å²) >= 11 is 0. The number of nitrogens with two attached hydrogens (primary N) is 1. The smallest absolute Gasteiger partial charge is 0.224 e. The van der Waals surface area contributed by atoms with Gasteiger partial charge in [0, 0.05) is 12.4 Å². The molecule has 1 amide bonds. The van der Waals surface area contributed by atoms with Crippen molar-refractivity contribution >= 4 is 5.91 Å². The lowest BCUT2D eigenvalue weighted by atomic mass is 10.0. The van der Waals surface area contributed by atoms with Crippen molar-refractivity contribution in [2.45, 2.75) is 20.3 Å². The Hall–Kier alpha value is -2.36. The van der Waals surface area contributed by atoms with Crippen LogP contribution < -0.4 is 10.5 Å². The number of carbonyl (C=O) groups excluding carboxylic acids is 1. The molecule has 0 aliphatic rings. The predicted molar refractivity (Wildman–Crippen MR) is 82.0 cm³/mol. The van der Waals surface area contributed by atoms with E-state index in [-0.39, 0.29) is 18.4 Å². The highest BCUT2D eigenvalue weighted by molar-refractivity contribution is 5.77. The average Bonchev–Trinajstić information content (AvgIpc) is 2.43. The molecule has 110 valence electrons. The third-order valence-corrected chi connectivity index (χ3v) is 3.25. The molecule has 1 heterocycles. The van der Waals surface area contributed by atoms with Gasteiger partial charge in [-0.2, -0.15) is 0 Å². The van der Waals surface area contributed by atoms with Crippen LogP contribution >= 0.6 is 0 Å².